The van der Waals surface area contributed by atoms with Gasteiger partial charge in [0.2, 0.25) is 5.95 Å². The molecule has 0 aliphatic carbocycles. The van der Waals surface area contributed by atoms with Crippen LogP contribution in [-0.4, -0.2) is 18.9 Å². The summed E-state index contributed by atoms with van der Waals surface area (Å²) >= 11 is 0. The van der Waals surface area contributed by atoms with Crippen molar-refractivity contribution in [3.05, 3.63) is 91.3 Å². The third-order valence-electron chi connectivity index (χ3n) is 4.93. The van der Waals surface area contributed by atoms with Crippen molar-refractivity contribution < 1.29 is 4.39 Å². The van der Waals surface area contributed by atoms with Crippen LogP contribution in [0, 0.1) is 5.82 Å². The zero-order valence-corrected chi connectivity index (χ0v) is 15.7. The summed E-state index contributed by atoms with van der Waals surface area (Å²) in [4.78, 5) is 8.88. The van der Waals surface area contributed by atoms with E-state index in [1.54, 1.807) is 18.3 Å². The van der Waals surface area contributed by atoms with E-state index in [9.17, 15) is 4.39 Å². The van der Waals surface area contributed by atoms with E-state index in [1.165, 1.54) is 12.1 Å². The van der Waals surface area contributed by atoms with Crippen LogP contribution >= 0.6 is 0 Å². The van der Waals surface area contributed by atoms with Gasteiger partial charge in [0.15, 0.2) is 0 Å². The largest absolute Gasteiger partial charge is 0.326 e. The minimum atomic E-state index is -0.239. The van der Waals surface area contributed by atoms with Crippen molar-refractivity contribution >= 4 is 17.3 Å². The first-order valence-corrected chi connectivity index (χ1v) is 9.25. The number of nitrogens with zero attached hydrogens (tertiary/aromatic N) is 4. The average molecular weight is 383 g/mol. The monoisotopic (exact) mass is 383 g/mol. The predicted octanol–water partition coefficient (Wildman–Crippen LogP) is 5.28. The molecule has 0 saturated carbocycles. The van der Waals surface area contributed by atoms with Gasteiger partial charge in [-0.15, -0.1) is 0 Å². The lowest BCUT2D eigenvalue weighted by Gasteiger charge is -2.09. The second-order valence-corrected chi connectivity index (χ2v) is 6.86. The first-order chi connectivity index (χ1) is 14.2. The quantitative estimate of drug-likeness (QED) is 0.459. The Kier molecular flexibility index (Phi) is 4.09. The van der Waals surface area contributed by atoms with E-state index in [4.69, 9.17) is 0 Å². The van der Waals surface area contributed by atoms with Crippen LogP contribution in [0.15, 0.2) is 85.5 Å². The highest BCUT2D eigenvalue weighted by Crippen LogP contribution is 2.27. The molecule has 3 aromatic heterocycles. The van der Waals surface area contributed by atoms with Crippen LogP contribution in [0.4, 0.5) is 16.0 Å². The van der Waals surface area contributed by atoms with E-state index in [1.807, 2.05) is 58.9 Å². The summed E-state index contributed by atoms with van der Waals surface area (Å²) in [6.45, 7) is 0. The molecule has 5 nitrogen and oxygen atoms in total. The highest BCUT2D eigenvalue weighted by Gasteiger charge is 2.09. The van der Waals surface area contributed by atoms with Gasteiger partial charge < -0.3 is 9.88 Å². The van der Waals surface area contributed by atoms with Gasteiger partial charge in [-0.05, 0) is 47.5 Å². The van der Waals surface area contributed by atoms with Gasteiger partial charge in [0.1, 0.15) is 11.5 Å². The molecule has 0 spiro atoms. The number of imidazole rings is 2. The van der Waals surface area contributed by atoms with E-state index < -0.39 is 0 Å². The Labute approximate surface area is 167 Å². The highest BCUT2D eigenvalue weighted by atomic mass is 19.1. The van der Waals surface area contributed by atoms with Gasteiger partial charge in [-0.25, -0.2) is 14.4 Å². The summed E-state index contributed by atoms with van der Waals surface area (Å²) in [5, 5.41) is 3.33. The second-order valence-electron chi connectivity index (χ2n) is 6.86. The lowest BCUT2D eigenvalue weighted by atomic mass is 10.1. The van der Waals surface area contributed by atoms with Crippen LogP contribution in [0.3, 0.4) is 0 Å². The van der Waals surface area contributed by atoms with E-state index in [2.05, 4.69) is 27.4 Å². The summed E-state index contributed by atoms with van der Waals surface area (Å²) in [6.07, 6.45) is 7.52. The maximum atomic E-state index is 13.2. The van der Waals surface area contributed by atoms with Crippen molar-refractivity contribution in [1.82, 2.24) is 18.9 Å². The van der Waals surface area contributed by atoms with Gasteiger partial charge in [-0.1, -0.05) is 24.3 Å². The highest BCUT2D eigenvalue weighted by molar-refractivity contribution is 5.73. The van der Waals surface area contributed by atoms with Crippen molar-refractivity contribution in [3.63, 3.8) is 0 Å². The molecule has 0 aliphatic heterocycles. The van der Waals surface area contributed by atoms with Gasteiger partial charge in [0.25, 0.3) is 0 Å². The number of aromatic nitrogens is 4. The lowest BCUT2D eigenvalue weighted by molar-refractivity contribution is 0.628. The van der Waals surface area contributed by atoms with E-state index in [0.29, 0.717) is 0 Å². The average Bonchev–Trinajstić information content (AvgIpc) is 3.34. The number of benzene rings is 2. The topological polar surface area (TPSA) is 47.2 Å². The summed E-state index contributed by atoms with van der Waals surface area (Å²) in [5.74, 6) is 0.543. The fraction of sp³-hybridized carbons (Fsp3) is 0.0435. The zero-order chi connectivity index (χ0) is 19.8. The summed E-state index contributed by atoms with van der Waals surface area (Å²) < 4.78 is 17.2. The second kappa shape index (κ2) is 6.91. The lowest BCUT2D eigenvalue weighted by Crippen LogP contribution is -1.98. The number of anilines is 2. The number of fused-ring (bicyclic) bond motifs is 1. The van der Waals surface area contributed by atoms with E-state index in [0.717, 1.165) is 39.7 Å². The molecule has 1 N–H and O–H groups in total. The van der Waals surface area contributed by atoms with Gasteiger partial charge >= 0.3 is 0 Å². The molecule has 142 valence electrons. The smallest absolute Gasteiger partial charge is 0.207 e. The van der Waals surface area contributed by atoms with Crippen LogP contribution in [0.2, 0.25) is 0 Å². The molecule has 0 unspecified atom stereocenters. The number of rotatable bonds is 4. The van der Waals surface area contributed by atoms with Crippen LogP contribution in [0.25, 0.3) is 28.0 Å². The minimum absolute atomic E-state index is 0.239. The SMILES string of the molecule is Cn1ccnc1Nc1cccc(-c2cnc3cc(-c4ccc(F)cc4)ccn23)c1. The van der Waals surface area contributed by atoms with Crippen LogP contribution in [0.1, 0.15) is 0 Å². The number of pyridine rings is 1. The molecule has 0 fully saturated rings. The van der Waals surface area contributed by atoms with Crippen LogP contribution < -0.4 is 5.32 Å². The molecule has 0 radical (unpaired) electrons. The van der Waals surface area contributed by atoms with Crippen LogP contribution in [-0.2, 0) is 7.05 Å². The molecule has 3 heterocycles. The molecule has 2 aromatic carbocycles. The summed E-state index contributed by atoms with van der Waals surface area (Å²) in [5.41, 5.74) is 5.79. The van der Waals surface area contributed by atoms with Gasteiger partial charge in [-0.2, -0.15) is 0 Å². The van der Waals surface area contributed by atoms with Crippen LogP contribution in [0.5, 0.6) is 0 Å². The third-order valence-corrected chi connectivity index (χ3v) is 4.93. The number of hydrogen-bond donors (Lipinski definition) is 1. The number of hydrogen-bond acceptors (Lipinski definition) is 3. The Morgan fingerprint density at radius 3 is 2.52 bits per heavy atom. The molecule has 0 bridgehead atoms. The van der Waals surface area contributed by atoms with Gasteiger partial charge in [0.05, 0.1) is 11.9 Å². The molecule has 0 amide bonds. The Bertz CT molecular complexity index is 1300. The maximum absolute atomic E-state index is 13.2. The number of nitrogens with one attached hydrogen (secondary N) is 1. The standard InChI is InChI=1S/C23H18FN5/c1-28-12-10-25-23(28)27-20-4-2-3-18(13-20)21-15-26-22-14-17(9-11-29(21)22)16-5-7-19(24)8-6-16/h2-15H,1H3,(H,25,27). The summed E-state index contributed by atoms with van der Waals surface area (Å²) in [6, 6.07) is 18.7. The molecule has 5 rings (SSSR count). The van der Waals surface area contributed by atoms with E-state index >= 15 is 0 Å². The number of halogens is 1. The molecule has 0 aliphatic rings. The Morgan fingerprint density at radius 1 is 0.862 bits per heavy atom. The fourth-order valence-electron chi connectivity index (χ4n) is 3.39. The van der Waals surface area contributed by atoms with E-state index in [-0.39, 0.29) is 5.82 Å². The first-order valence-electron chi connectivity index (χ1n) is 9.25. The van der Waals surface area contributed by atoms with Crippen molar-refractivity contribution in [2.24, 2.45) is 7.05 Å². The van der Waals surface area contributed by atoms with Gasteiger partial charge in [-0.3, -0.25) is 4.40 Å². The third kappa shape index (κ3) is 3.25. The Hall–Kier alpha value is -3.93. The maximum Gasteiger partial charge on any atom is 0.207 e. The van der Waals surface area contributed by atoms with Crippen molar-refractivity contribution in [2.45, 2.75) is 0 Å². The Balaban J connectivity index is 1.50. The Morgan fingerprint density at radius 2 is 1.72 bits per heavy atom. The van der Waals surface area contributed by atoms with Crippen molar-refractivity contribution in [1.29, 1.82) is 0 Å². The molecule has 29 heavy (non-hydrogen) atoms. The molecule has 0 saturated heterocycles. The predicted molar refractivity (Wildman–Crippen MR) is 113 cm³/mol. The molecule has 0 atom stereocenters. The minimum Gasteiger partial charge on any atom is -0.326 e. The number of aryl methyl sites for hydroxylation is 1. The molecular weight excluding hydrogens is 365 g/mol. The van der Waals surface area contributed by atoms with Crippen molar-refractivity contribution in [3.8, 4) is 22.4 Å². The first kappa shape index (κ1) is 17.2. The molecule has 6 heteroatoms. The van der Waals surface area contributed by atoms with Crippen molar-refractivity contribution in [2.75, 3.05) is 5.32 Å². The normalized spacial score (nSPS) is 11.1. The van der Waals surface area contributed by atoms with Gasteiger partial charge in [0, 0.05) is 36.9 Å². The zero-order valence-electron chi connectivity index (χ0n) is 15.7. The fourth-order valence-corrected chi connectivity index (χ4v) is 3.39. The summed E-state index contributed by atoms with van der Waals surface area (Å²) in [7, 11) is 1.95. The molecule has 5 aromatic rings. The molecular formula is C23H18FN5.